The number of nitrogens with one attached hydrogen (secondary N) is 1. The molecule has 0 spiro atoms. The van der Waals surface area contributed by atoms with Crippen molar-refractivity contribution in [2.75, 3.05) is 11.9 Å². The first-order chi connectivity index (χ1) is 7.84. The number of carbonyl (C=O) groups excluding carboxylic acids is 1. The molecule has 1 saturated heterocycles. The largest absolute Gasteiger partial charge is 0.378 e. The summed E-state index contributed by atoms with van der Waals surface area (Å²) in [6.45, 7) is 0.767. The van der Waals surface area contributed by atoms with Crippen molar-refractivity contribution in [2.45, 2.75) is 31.8 Å². The van der Waals surface area contributed by atoms with Crippen LogP contribution in [-0.2, 0) is 9.53 Å². The van der Waals surface area contributed by atoms with Gasteiger partial charge < -0.3 is 10.1 Å². The molecule has 1 aliphatic rings. The monoisotopic (exact) mass is 221 g/mol. The van der Waals surface area contributed by atoms with E-state index >= 15 is 0 Å². The Kier molecular flexibility index (Phi) is 3.82. The Morgan fingerprint density at radius 3 is 3.12 bits per heavy atom. The number of hydrogen-bond donors (Lipinski definition) is 1. The summed E-state index contributed by atoms with van der Waals surface area (Å²) in [5, 5.41) is 2.70. The fourth-order valence-corrected chi connectivity index (χ4v) is 1.73. The van der Waals surface area contributed by atoms with Gasteiger partial charge >= 0.3 is 0 Å². The maximum absolute atomic E-state index is 11.6. The highest BCUT2D eigenvalue weighted by Gasteiger charge is 2.17. The van der Waals surface area contributed by atoms with Gasteiger partial charge in [0.1, 0.15) is 0 Å². The molecular formula is C11H15N3O2. The Balaban J connectivity index is 1.80. The van der Waals surface area contributed by atoms with Crippen LogP contribution in [0, 0.1) is 0 Å². The number of ether oxygens (including phenoxy) is 1. The van der Waals surface area contributed by atoms with Crippen molar-refractivity contribution in [1.29, 1.82) is 0 Å². The molecule has 2 rings (SSSR count). The Morgan fingerprint density at radius 1 is 1.50 bits per heavy atom. The molecule has 16 heavy (non-hydrogen) atoms. The van der Waals surface area contributed by atoms with Crippen molar-refractivity contribution >= 4 is 11.7 Å². The van der Waals surface area contributed by atoms with Crippen LogP contribution >= 0.6 is 0 Å². The van der Waals surface area contributed by atoms with Crippen LogP contribution in [0.2, 0.25) is 0 Å². The van der Waals surface area contributed by atoms with E-state index in [1.807, 2.05) is 0 Å². The molecule has 0 aromatic carbocycles. The zero-order chi connectivity index (χ0) is 11.2. The van der Waals surface area contributed by atoms with Crippen LogP contribution in [0.4, 0.5) is 5.82 Å². The number of aromatic nitrogens is 2. The van der Waals surface area contributed by atoms with Crippen molar-refractivity contribution in [3.8, 4) is 0 Å². The first kappa shape index (κ1) is 11.0. The van der Waals surface area contributed by atoms with Crippen molar-refractivity contribution < 1.29 is 9.53 Å². The van der Waals surface area contributed by atoms with E-state index in [0.29, 0.717) is 12.2 Å². The zero-order valence-corrected chi connectivity index (χ0v) is 9.06. The van der Waals surface area contributed by atoms with E-state index in [1.165, 1.54) is 6.20 Å². The smallest absolute Gasteiger partial charge is 0.228 e. The van der Waals surface area contributed by atoms with Crippen LogP contribution in [-0.4, -0.2) is 28.6 Å². The van der Waals surface area contributed by atoms with Gasteiger partial charge in [-0.3, -0.25) is 9.78 Å². The fraction of sp³-hybridized carbons (Fsp3) is 0.545. The summed E-state index contributed by atoms with van der Waals surface area (Å²) >= 11 is 0. The van der Waals surface area contributed by atoms with Crippen LogP contribution < -0.4 is 5.32 Å². The molecule has 1 unspecified atom stereocenters. The summed E-state index contributed by atoms with van der Waals surface area (Å²) < 4.78 is 5.49. The minimum absolute atomic E-state index is 0.0606. The normalized spacial score (nSPS) is 20.4. The Labute approximate surface area is 94.2 Å². The van der Waals surface area contributed by atoms with E-state index in [0.717, 1.165) is 25.9 Å². The molecule has 1 aromatic rings. The summed E-state index contributed by atoms with van der Waals surface area (Å²) in [5.41, 5.74) is 0. The average Bonchev–Trinajstić information content (AvgIpc) is 2.31. The molecule has 1 aliphatic heterocycles. The predicted molar refractivity (Wildman–Crippen MR) is 58.9 cm³/mol. The molecule has 0 bridgehead atoms. The second kappa shape index (κ2) is 5.55. The van der Waals surface area contributed by atoms with Gasteiger partial charge in [-0.2, -0.15) is 0 Å². The molecule has 0 aliphatic carbocycles. The summed E-state index contributed by atoms with van der Waals surface area (Å²) in [6.07, 6.45) is 8.31. The standard InChI is InChI=1S/C11H15N3O2/c15-11(7-9-3-1-2-6-16-9)14-10-8-12-4-5-13-10/h4-5,8-9H,1-3,6-7H2,(H,13,14,15). The van der Waals surface area contributed by atoms with E-state index in [-0.39, 0.29) is 12.0 Å². The van der Waals surface area contributed by atoms with Crippen molar-refractivity contribution in [3.05, 3.63) is 18.6 Å². The number of anilines is 1. The highest BCUT2D eigenvalue weighted by molar-refractivity contribution is 5.89. The quantitative estimate of drug-likeness (QED) is 0.837. The van der Waals surface area contributed by atoms with Gasteiger partial charge in [-0.1, -0.05) is 0 Å². The van der Waals surface area contributed by atoms with Gasteiger partial charge in [0, 0.05) is 19.0 Å². The van der Waals surface area contributed by atoms with E-state index in [1.54, 1.807) is 12.4 Å². The molecule has 0 saturated carbocycles. The second-order valence-corrected chi connectivity index (χ2v) is 3.83. The molecule has 1 N–H and O–H groups in total. The van der Waals surface area contributed by atoms with Gasteiger partial charge in [-0.25, -0.2) is 4.98 Å². The molecule has 5 nitrogen and oxygen atoms in total. The highest BCUT2D eigenvalue weighted by atomic mass is 16.5. The molecule has 1 aromatic heterocycles. The van der Waals surface area contributed by atoms with Crippen LogP contribution in [0.5, 0.6) is 0 Å². The minimum atomic E-state index is -0.0626. The first-order valence-electron chi connectivity index (χ1n) is 5.52. The number of rotatable bonds is 3. The van der Waals surface area contributed by atoms with Crippen molar-refractivity contribution in [2.24, 2.45) is 0 Å². The lowest BCUT2D eigenvalue weighted by atomic mass is 10.1. The van der Waals surface area contributed by atoms with Gasteiger partial charge in [0.25, 0.3) is 0 Å². The third-order valence-electron chi connectivity index (χ3n) is 2.52. The molecule has 86 valence electrons. The third-order valence-corrected chi connectivity index (χ3v) is 2.52. The summed E-state index contributed by atoms with van der Waals surface area (Å²) in [5.74, 6) is 0.427. The Hall–Kier alpha value is -1.49. The topological polar surface area (TPSA) is 64.1 Å². The lowest BCUT2D eigenvalue weighted by molar-refractivity contribution is -0.119. The fourth-order valence-electron chi connectivity index (χ4n) is 1.73. The lowest BCUT2D eigenvalue weighted by Gasteiger charge is -2.21. The van der Waals surface area contributed by atoms with Gasteiger partial charge in [0.15, 0.2) is 5.82 Å². The Bertz CT molecular complexity index is 336. The van der Waals surface area contributed by atoms with Crippen molar-refractivity contribution in [3.63, 3.8) is 0 Å². The van der Waals surface area contributed by atoms with E-state index in [2.05, 4.69) is 15.3 Å². The summed E-state index contributed by atoms with van der Waals surface area (Å²) in [7, 11) is 0. The molecule has 0 radical (unpaired) electrons. The number of amides is 1. The number of hydrogen-bond acceptors (Lipinski definition) is 4. The second-order valence-electron chi connectivity index (χ2n) is 3.83. The van der Waals surface area contributed by atoms with Gasteiger partial charge in [0.2, 0.25) is 5.91 Å². The van der Waals surface area contributed by atoms with E-state index in [9.17, 15) is 4.79 Å². The molecular weight excluding hydrogens is 206 g/mol. The minimum Gasteiger partial charge on any atom is -0.378 e. The number of carbonyl (C=O) groups is 1. The maximum Gasteiger partial charge on any atom is 0.228 e. The molecule has 2 heterocycles. The van der Waals surface area contributed by atoms with Crippen LogP contribution in [0.3, 0.4) is 0 Å². The molecule has 1 atom stereocenters. The lowest BCUT2D eigenvalue weighted by Crippen LogP contribution is -2.25. The maximum atomic E-state index is 11.6. The predicted octanol–water partition coefficient (Wildman–Crippen LogP) is 1.37. The molecule has 1 fully saturated rings. The van der Waals surface area contributed by atoms with Crippen LogP contribution in [0.25, 0.3) is 0 Å². The first-order valence-corrected chi connectivity index (χ1v) is 5.52. The highest BCUT2D eigenvalue weighted by Crippen LogP contribution is 2.15. The Morgan fingerprint density at radius 2 is 2.44 bits per heavy atom. The summed E-state index contributed by atoms with van der Waals surface area (Å²) in [4.78, 5) is 19.5. The third kappa shape index (κ3) is 3.27. The number of nitrogens with zero attached hydrogens (tertiary/aromatic N) is 2. The van der Waals surface area contributed by atoms with Crippen molar-refractivity contribution in [1.82, 2.24) is 9.97 Å². The van der Waals surface area contributed by atoms with Crippen LogP contribution in [0.1, 0.15) is 25.7 Å². The molecule has 5 heteroatoms. The van der Waals surface area contributed by atoms with Crippen LogP contribution in [0.15, 0.2) is 18.6 Å². The average molecular weight is 221 g/mol. The van der Waals surface area contributed by atoms with E-state index in [4.69, 9.17) is 4.74 Å². The zero-order valence-electron chi connectivity index (χ0n) is 9.06. The van der Waals surface area contributed by atoms with E-state index < -0.39 is 0 Å². The molecule has 1 amide bonds. The van der Waals surface area contributed by atoms with Gasteiger partial charge in [-0.05, 0) is 19.3 Å². The van der Waals surface area contributed by atoms with Gasteiger partial charge in [-0.15, -0.1) is 0 Å². The van der Waals surface area contributed by atoms with Gasteiger partial charge in [0.05, 0.1) is 18.7 Å². The summed E-state index contributed by atoms with van der Waals surface area (Å²) in [6, 6.07) is 0. The SMILES string of the molecule is O=C(CC1CCCCO1)Nc1cnccn1.